The van der Waals surface area contributed by atoms with Crippen molar-refractivity contribution in [3.05, 3.63) is 71.2 Å². The van der Waals surface area contributed by atoms with Crippen LogP contribution in [0, 0.1) is 0 Å². The lowest BCUT2D eigenvalue weighted by atomic mass is 9.90. The third-order valence-electron chi connectivity index (χ3n) is 5.69. The molecular weight excluding hydrogens is 416 g/mol. The van der Waals surface area contributed by atoms with Crippen LogP contribution in [0.4, 0.5) is 5.82 Å². The summed E-state index contributed by atoms with van der Waals surface area (Å²) in [6.07, 6.45) is 9.66. The van der Waals surface area contributed by atoms with Crippen molar-refractivity contribution in [2.75, 3.05) is 39.3 Å². The van der Waals surface area contributed by atoms with Crippen LogP contribution in [0.1, 0.15) is 47.6 Å². The average molecular weight is 451 g/mol. The molecule has 0 spiro atoms. The van der Waals surface area contributed by atoms with E-state index >= 15 is 0 Å². The fourth-order valence-electron chi connectivity index (χ4n) is 3.89. The lowest BCUT2D eigenvalue weighted by Gasteiger charge is -2.20. The van der Waals surface area contributed by atoms with Gasteiger partial charge in [0.25, 0.3) is 5.91 Å². The van der Waals surface area contributed by atoms with E-state index in [9.17, 15) is 9.59 Å². The molecule has 1 aromatic heterocycles. The molecule has 3 rings (SSSR count). The van der Waals surface area contributed by atoms with Crippen LogP contribution in [0.2, 0.25) is 0 Å². The monoisotopic (exact) mass is 450 g/mol. The number of ether oxygens (including phenoxy) is 1. The van der Waals surface area contributed by atoms with Crippen LogP contribution in [0.25, 0.3) is 0 Å². The minimum absolute atomic E-state index is 0.186. The van der Waals surface area contributed by atoms with Gasteiger partial charge in [-0.3, -0.25) is 9.59 Å². The highest BCUT2D eigenvalue weighted by Gasteiger charge is 2.27. The molecule has 2 amide bonds. The van der Waals surface area contributed by atoms with Gasteiger partial charge in [-0.1, -0.05) is 55.5 Å². The van der Waals surface area contributed by atoms with Crippen LogP contribution in [0.15, 0.2) is 54.1 Å². The van der Waals surface area contributed by atoms with E-state index in [2.05, 4.69) is 54.4 Å². The molecule has 0 aliphatic heterocycles. The summed E-state index contributed by atoms with van der Waals surface area (Å²) in [5.41, 5.74) is 2.82. The third-order valence-corrected chi connectivity index (χ3v) is 5.69. The Morgan fingerprint density at radius 2 is 1.97 bits per heavy atom. The number of carbonyl (C=O) groups excluding carboxylic acids is 2. The Labute approximate surface area is 196 Å². The predicted octanol–water partition coefficient (Wildman–Crippen LogP) is 3.82. The lowest BCUT2D eigenvalue weighted by molar-refractivity contribution is -0.107. The number of anilines is 1. The first-order chi connectivity index (χ1) is 16.0. The maximum absolute atomic E-state index is 13.1. The van der Waals surface area contributed by atoms with E-state index in [1.807, 2.05) is 10.6 Å². The van der Waals surface area contributed by atoms with E-state index in [1.165, 1.54) is 15.4 Å². The van der Waals surface area contributed by atoms with Crippen molar-refractivity contribution >= 4 is 18.1 Å². The first-order valence-corrected chi connectivity index (χ1v) is 11.4. The van der Waals surface area contributed by atoms with Crippen LogP contribution < -0.4 is 4.90 Å². The lowest BCUT2D eigenvalue weighted by Crippen LogP contribution is -2.28. The van der Waals surface area contributed by atoms with Gasteiger partial charge in [-0.15, -0.1) is 0 Å². The molecular formula is C26H34N4O3. The Morgan fingerprint density at radius 1 is 1.21 bits per heavy atom. The van der Waals surface area contributed by atoms with E-state index in [1.54, 1.807) is 21.1 Å². The summed E-state index contributed by atoms with van der Waals surface area (Å²) in [4.78, 5) is 32.2. The van der Waals surface area contributed by atoms with E-state index in [0.29, 0.717) is 50.0 Å². The molecule has 1 aromatic carbocycles. The zero-order chi connectivity index (χ0) is 23.8. The van der Waals surface area contributed by atoms with Gasteiger partial charge in [-0.2, -0.15) is 0 Å². The Morgan fingerprint density at radius 3 is 2.58 bits per heavy atom. The number of hydrogen-bond acceptors (Lipinski definition) is 4. The van der Waals surface area contributed by atoms with Gasteiger partial charge in [-0.25, -0.2) is 4.98 Å². The van der Waals surface area contributed by atoms with Gasteiger partial charge in [0.05, 0.1) is 6.61 Å². The van der Waals surface area contributed by atoms with Crippen molar-refractivity contribution in [1.82, 2.24) is 14.5 Å². The minimum Gasteiger partial charge on any atom is -0.381 e. The summed E-state index contributed by atoms with van der Waals surface area (Å²) < 4.78 is 7.61. The van der Waals surface area contributed by atoms with Gasteiger partial charge < -0.3 is 19.1 Å². The van der Waals surface area contributed by atoms with Gasteiger partial charge in [0.15, 0.2) is 11.5 Å². The number of allylic oxidation sites excluding steroid dienone is 4. The Kier molecular flexibility index (Phi) is 8.60. The van der Waals surface area contributed by atoms with Crippen molar-refractivity contribution in [2.24, 2.45) is 0 Å². The molecule has 1 aliphatic rings. The molecule has 1 aliphatic carbocycles. The molecule has 7 heteroatoms. The molecule has 1 atom stereocenters. The largest absolute Gasteiger partial charge is 0.381 e. The van der Waals surface area contributed by atoms with Crippen molar-refractivity contribution in [3.63, 3.8) is 0 Å². The molecule has 1 unspecified atom stereocenters. The molecule has 2 aromatic rings. The molecule has 33 heavy (non-hydrogen) atoms. The molecule has 0 saturated heterocycles. The first-order valence-electron chi connectivity index (χ1n) is 11.4. The van der Waals surface area contributed by atoms with Crippen LogP contribution in [0.3, 0.4) is 0 Å². The number of hydrogen-bond donors (Lipinski definition) is 0. The number of rotatable bonds is 11. The number of aromatic nitrogens is 2. The van der Waals surface area contributed by atoms with Crippen molar-refractivity contribution in [1.29, 1.82) is 0 Å². The first kappa shape index (κ1) is 24.5. The zero-order valence-corrected chi connectivity index (χ0v) is 20.0. The maximum Gasteiger partial charge on any atom is 0.273 e. The zero-order valence-electron chi connectivity index (χ0n) is 20.0. The minimum atomic E-state index is -0.186. The highest BCUT2D eigenvalue weighted by Crippen LogP contribution is 2.29. The number of benzene rings is 1. The number of nitrogens with zero attached hydrogens (tertiary/aromatic N) is 4. The van der Waals surface area contributed by atoms with Crippen molar-refractivity contribution < 1.29 is 14.3 Å². The van der Waals surface area contributed by atoms with Crippen LogP contribution in [-0.4, -0.2) is 61.1 Å². The average Bonchev–Trinajstić information content (AvgIpc) is 3.19. The highest BCUT2D eigenvalue weighted by atomic mass is 16.5. The number of imidazole rings is 1. The maximum atomic E-state index is 13.1. The Bertz CT molecular complexity index is 1010. The fourth-order valence-corrected chi connectivity index (χ4v) is 3.89. The van der Waals surface area contributed by atoms with E-state index < -0.39 is 0 Å². The third kappa shape index (κ3) is 5.99. The van der Waals surface area contributed by atoms with E-state index in [4.69, 9.17) is 4.74 Å². The molecule has 0 fully saturated rings. The molecule has 0 radical (unpaired) electrons. The molecule has 7 nitrogen and oxygen atoms in total. The predicted molar refractivity (Wildman–Crippen MR) is 131 cm³/mol. The Balaban J connectivity index is 1.91. The van der Waals surface area contributed by atoms with Crippen LogP contribution in [-0.2, 0) is 22.5 Å². The second kappa shape index (κ2) is 11.6. The topological polar surface area (TPSA) is 67.7 Å². The molecule has 176 valence electrons. The second-order valence-electron chi connectivity index (χ2n) is 8.46. The number of carbonyl (C=O) groups is 2. The normalized spacial score (nSPS) is 15.3. The SMILES string of the molecule is CCCOCCc1nc(N(C)C=O)c(C(=O)N(C)C)n1CC1=CCC(c2ccccc2)C=C1. The van der Waals surface area contributed by atoms with Gasteiger partial charge >= 0.3 is 0 Å². The van der Waals surface area contributed by atoms with Gasteiger partial charge in [0.2, 0.25) is 6.41 Å². The summed E-state index contributed by atoms with van der Waals surface area (Å²) >= 11 is 0. The fraction of sp³-hybridized carbons (Fsp3) is 0.423. The van der Waals surface area contributed by atoms with E-state index in [0.717, 1.165) is 24.2 Å². The van der Waals surface area contributed by atoms with Gasteiger partial charge in [0, 0.05) is 46.6 Å². The van der Waals surface area contributed by atoms with Gasteiger partial charge in [0.1, 0.15) is 5.82 Å². The number of amides is 2. The van der Waals surface area contributed by atoms with Crippen LogP contribution in [0.5, 0.6) is 0 Å². The van der Waals surface area contributed by atoms with E-state index in [-0.39, 0.29) is 5.91 Å². The second-order valence-corrected chi connectivity index (χ2v) is 8.46. The van der Waals surface area contributed by atoms with Crippen molar-refractivity contribution in [3.8, 4) is 0 Å². The molecule has 0 saturated carbocycles. The summed E-state index contributed by atoms with van der Waals surface area (Å²) in [6.45, 7) is 3.77. The summed E-state index contributed by atoms with van der Waals surface area (Å²) in [5.74, 6) is 1.27. The highest BCUT2D eigenvalue weighted by molar-refractivity contribution is 5.99. The molecule has 0 bridgehead atoms. The molecule has 1 heterocycles. The standard InChI is InChI=1S/C26H34N4O3/c1-5-16-33-17-15-23-27-25(29(4)19-31)24(26(32)28(2)3)30(23)18-20-11-13-22(14-12-20)21-9-7-6-8-10-21/h6-13,19,22H,5,14-18H2,1-4H3. The summed E-state index contributed by atoms with van der Waals surface area (Å²) in [7, 11) is 5.03. The quantitative estimate of drug-likeness (QED) is 0.386. The Hall–Kier alpha value is -3.19. The van der Waals surface area contributed by atoms with Crippen LogP contribution >= 0.6 is 0 Å². The smallest absolute Gasteiger partial charge is 0.273 e. The molecule has 0 N–H and O–H groups in total. The summed E-state index contributed by atoms with van der Waals surface area (Å²) in [6, 6.07) is 10.4. The van der Waals surface area contributed by atoms with Crippen molar-refractivity contribution in [2.45, 2.75) is 38.6 Å². The van der Waals surface area contributed by atoms with Gasteiger partial charge in [-0.05, 0) is 24.0 Å². The summed E-state index contributed by atoms with van der Waals surface area (Å²) in [5, 5.41) is 0.